The second-order valence-corrected chi connectivity index (χ2v) is 5.17. The first-order valence-electron chi connectivity index (χ1n) is 6.69. The van der Waals surface area contributed by atoms with E-state index in [9.17, 15) is 18.0 Å². The van der Waals surface area contributed by atoms with Crippen LogP contribution >= 0.6 is 0 Å². The predicted octanol–water partition coefficient (Wildman–Crippen LogP) is 3.50. The summed E-state index contributed by atoms with van der Waals surface area (Å²) in [6.07, 6.45) is -1.77. The quantitative estimate of drug-likeness (QED) is 0.852. The zero-order valence-electron chi connectivity index (χ0n) is 11.4. The Kier molecular flexibility index (Phi) is 4.01. The number of anilines is 1. The lowest BCUT2D eigenvalue weighted by atomic mass is 9.91. The van der Waals surface area contributed by atoms with Crippen LogP contribution in [-0.4, -0.2) is 17.4 Å². The smallest absolute Gasteiger partial charge is 0.297 e. The van der Waals surface area contributed by atoms with Gasteiger partial charge in [0.1, 0.15) is 5.82 Å². The topological polar surface area (TPSA) is 33.2 Å². The number of halogens is 3. The molecule has 1 saturated heterocycles. The van der Waals surface area contributed by atoms with Crippen LogP contribution in [0.2, 0.25) is 0 Å². The molecule has 0 bridgehead atoms. The number of amides is 1. The van der Waals surface area contributed by atoms with E-state index in [-0.39, 0.29) is 23.6 Å². The molecule has 0 saturated carbocycles. The minimum Gasteiger partial charge on any atom is -0.297 e. The molecule has 2 heterocycles. The van der Waals surface area contributed by atoms with Gasteiger partial charge in [-0.1, -0.05) is 20.3 Å². The maximum atomic E-state index is 12.7. The van der Waals surface area contributed by atoms with Gasteiger partial charge in [0.05, 0.1) is 5.56 Å². The average molecular weight is 286 g/mol. The van der Waals surface area contributed by atoms with E-state index in [1.807, 2.05) is 13.8 Å². The zero-order valence-corrected chi connectivity index (χ0v) is 11.4. The van der Waals surface area contributed by atoms with Gasteiger partial charge in [0.2, 0.25) is 5.91 Å². The molecule has 0 aromatic carbocycles. The molecule has 2 unspecified atom stereocenters. The second-order valence-electron chi connectivity index (χ2n) is 5.17. The molecular weight excluding hydrogens is 269 g/mol. The van der Waals surface area contributed by atoms with Gasteiger partial charge in [0.15, 0.2) is 0 Å². The first-order valence-corrected chi connectivity index (χ1v) is 6.69. The standard InChI is InChI=1S/C14H17F3N2O/c1-3-9(2)11-5-7-19(13(11)20)12-8-10(4-6-18-12)14(15,16)17/h4,6,8-9,11H,3,5,7H2,1-2H3. The number of nitrogens with zero attached hydrogens (tertiary/aromatic N) is 2. The highest BCUT2D eigenvalue weighted by Crippen LogP contribution is 2.34. The van der Waals surface area contributed by atoms with Crippen molar-refractivity contribution in [3.05, 3.63) is 23.9 Å². The van der Waals surface area contributed by atoms with Gasteiger partial charge in [-0.2, -0.15) is 13.2 Å². The van der Waals surface area contributed by atoms with Crippen molar-refractivity contribution in [1.29, 1.82) is 0 Å². The van der Waals surface area contributed by atoms with Gasteiger partial charge in [-0.15, -0.1) is 0 Å². The van der Waals surface area contributed by atoms with Crippen LogP contribution in [0.15, 0.2) is 18.3 Å². The Bertz CT molecular complexity index is 501. The minimum atomic E-state index is -4.42. The lowest BCUT2D eigenvalue weighted by molar-refractivity contribution is -0.137. The monoisotopic (exact) mass is 286 g/mol. The van der Waals surface area contributed by atoms with Gasteiger partial charge >= 0.3 is 6.18 Å². The third kappa shape index (κ3) is 2.78. The van der Waals surface area contributed by atoms with Crippen LogP contribution in [0.3, 0.4) is 0 Å². The maximum Gasteiger partial charge on any atom is 0.416 e. The molecular formula is C14H17F3N2O. The Labute approximate surface area is 115 Å². The van der Waals surface area contributed by atoms with Crippen molar-refractivity contribution in [3.63, 3.8) is 0 Å². The van der Waals surface area contributed by atoms with Crippen LogP contribution in [0.25, 0.3) is 0 Å². The normalized spacial score (nSPS) is 21.4. The van der Waals surface area contributed by atoms with Crippen molar-refractivity contribution in [1.82, 2.24) is 4.98 Å². The molecule has 6 heteroatoms. The van der Waals surface area contributed by atoms with Gasteiger partial charge in [-0.05, 0) is 24.5 Å². The summed E-state index contributed by atoms with van der Waals surface area (Å²) >= 11 is 0. The molecule has 2 atom stereocenters. The SMILES string of the molecule is CCC(C)C1CCN(c2cc(C(F)(F)F)ccn2)C1=O. The number of hydrogen-bond donors (Lipinski definition) is 0. The van der Waals surface area contributed by atoms with Crippen LogP contribution in [0.1, 0.15) is 32.3 Å². The molecule has 3 nitrogen and oxygen atoms in total. The number of aromatic nitrogens is 1. The molecule has 1 aromatic heterocycles. The van der Waals surface area contributed by atoms with E-state index in [4.69, 9.17) is 0 Å². The Morgan fingerprint density at radius 1 is 1.50 bits per heavy atom. The summed E-state index contributed by atoms with van der Waals surface area (Å²) in [4.78, 5) is 17.5. The summed E-state index contributed by atoms with van der Waals surface area (Å²) in [5.41, 5.74) is -0.776. The number of hydrogen-bond acceptors (Lipinski definition) is 2. The van der Waals surface area contributed by atoms with Gasteiger partial charge in [0, 0.05) is 18.7 Å². The molecule has 1 amide bonds. The number of carbonyl (C=O) groups is 1. The zero-order chi connectivity index (χ0) is 14.9. The Hall–Kier alpha value is -1.59. The molecule has 1 aromatic rings. The fourth-order valence-electron chi connectivity index (χ4n) is 2.48. The number of carbonyl (C=O) groups excluding carboxylic acids is 1. The first kappa shape index (κ1) is 14.8. The summed E-state index contributed by atoms with van der Waals surface area (Å²) < 4.78 is 38.0. The highest BCUT2D eigenvalue weighted by atomic mass is 19.4. The lowest BCUT2D eigenvalue weighted by Crippen LogP contribution is -2.30. The minimum absolute atomic E-state index is 0.0932. The summed E-state index contributed by atoms with van der Waals surface area (Å²) in [6.45, 7) is 4.43. The molecule has 2 rings (SSSR count). The molecule has 0 spiro atoms. The second kappa shape index (κ2) is 5.42. The van der Waals surface area contributed by atoms with E-state index in [0.717, 1.165) is 24.8 Å². The molecule has 0 radical (unpaired) electrons. The number of alkyl halides is 3. The van der Waals surface area contributed by atoms with Crippen LogP contribution in [0.5, 0.6) is 0 Å². The molecule has 1 aliphatic heterocycles. The summed E-state index contributed by atoms with van der Waals surface area (Å²) in [5, 5.41) is 0. The van der Waals surface area contributed by atoms with E-state index in [1.165, 1.54) is 4.90 Å². The van der Waals surface area contributed by atoms with Crippen molar-refractivity contribution < 1.29 is 18.0 Å². The van der Waals surface area contributed by atoms with E-state index >= 15 is 0 Å². The van der Waals surface area contributed by atoms with E-state index < -0.39 is 11.7 Å². The molecule has 20 heavy (non-hydrogen) atoms. The number of rotatable bonds is 3. The molecule has 1 fully saturated rings. The Morgan fingerprint density at radius 3 is 2.80 bits per heavy atom. The van der Waals surface area contributed by atoms with Crippen molar-refractivity contribution in [2.45, 2.75) is 32.9 Å². The van der Waals surface area contributed by atoms with Gasteiger partial charge in [0.25, 0.3) is 0 Å². The molecule has 1 aliphatic rings. The third-order valence-corrected chi connectivity index (χ3v) is 3.93. The molecule has 110 valence electrons. The largest absolute Gasteiger partial charge is 0.416 e. The highest BCUT2D eigenvalue weighted by Gasteiger charge is 2.37. The summed E-state index contributed by atoms with van der Waals surface area (Å²) in [7, 11) is 0. The van der Waals surface area contributed by atoms with Gasteiger partial charge < -0.3 is 0 Å². The predicted molar refractivity (Wildman–Crippen MR) is 69.2 cm³/mol. The Morgan fingerprint density at radius 2 is 2.20 bits per heavy atom. The fraction of sp³-hybridized carbons (Fsp3) is 0.571. The van der Waals surface area contributed by atoms with Crippen LogP contribution in [0.4, 0.5) is 19.0 Å². The Balaban J connectivity index is 2.23. The summed E-state index contributed by atoms with van der Waals surface area (Å²) in [5.74, 6) is 0.0939. The van der Waals surface area contributed by atoms with Gasteiger partial charge in [-0.25, -0.2) is 4.98 Å². The van der Waals surface area contributed by atoms with Gasteiger partial charge in [-0.3, -0.25) is 9.69 Å². The summed E-state index contributed by atoms with van der Waals surface area (Å²) in [6, 6.07) is 1.85. The number of pyridine rings is 1. The first-order chi connectivity index (χ1) is 9.34. The van der Waals surface area contributed by atoms with Crippen LogP contribution < -0.4 is 4.90 Å². The molecule has 0 N–H and O–H groups in total. The average Bonchev–Trinajstić information content (AvgIpc) is 2.79. The van der Waals surface area contributed by atoms with E-state index in [2.05, 4.69) is 4.98 Å². The fourth-order valence-corrected chi connectivity index (χ4v) is 2.48. The third-order valence-electron chi connectivity index (χ3n) is 3.93. The van der Waals surface area contributed by atoms with Crippen molar-refractivity contribution in [2.75, 3.05) is 11.4 Å². The van der Waals surface area contributed by atoms with Crippen molar-refractivity contribution in [3.8, 4) is 0 Å². The van der Waals surface area contributed by atoms with E-state index in [1.54, 1.807) is 0 Å². The van der Waals surface area contributed by atoms with Crippen LogP contribution in [-0.2, 0) is 11.0 Å². The van der Waals surface area contributed by atoms with Crippen LogP contribution in [0, 0.1) is 11.8 Å². The molecule has 0 aliphatic carbocycles. The highest BCUT2D eigenvalue weighted by molar-refractivity contribution is 5.96. The van der Waals surface area contributed by atoms with E-state index in [0.29, 0.717) is 13.0 Å². The van der Waals surface area contributed by atoms with Crippen molar-refractivity contribution in [2.24, 2.45) is 11.8 Å². The lowest BCUT2D eigenvalue weighted by Gasteiger charge is -2.19. The maximum absolute atomic E-state index is 12.7. The van der Waals surface area contributed by atoms with Crippen molar-refractivity contribution >= 4 is 11.7 Å².